The number of halogens is 1. The van der Waals surface area contributed by atoms with Gasteiger partial charge in [-0.3, -0.25) is 9.13 Å². The third-order valence-electron chi connectivity index (χ3n) is 4.47. The number of ether oxygens (including phenoxy) is 4. The van der Waals surface area contributed by atoms with Gasteiger partial charge in [-0.05, 0) is 25.4 Å². The van der Waals surface area contributed by atoms with Gasteiger partial charge in [0.05, 0.1) is 26.1 Å². The second-order valence-electron chi connectivity index (χ2n) is 6.63. The van der Waals surface area contributed by atoms with E-state index < -0.39 is 50.6 Å². The molecular formula is C16H22ClN4O10P. The molecule has 0 radical (unpaired) electrons. The molecule has 0 aliphatic carbocycles. The Kier molecular flexibility index (Phi) is 7.68. The molecule has 1 fully saturated rings. The highest BCUT2D eigenvalue weighted by Gasteiger charge is 2.46. The Morgan fingerprint density at radius 2 is 2.00 bits per heavy atom. The summed E-state index contributed by atoms with van der Waals surface area (Å²) in [7, 11) is -5.02. The molecule has 0 spiro atoms. The van der Waals surface area contributed by atoms with E-state index in [1.807, 2.05) is 0 Å². The Balaban J connectivity index is 1.81. The van der Waals surface area contributed by atoms with Crippen LogP contribution >= 0.6 is 19.2 Å². The lowest BCUT2D eigenvalue weighted by Crippen LogP contribution is -2.36. The van der Waals surface area contributed by atoms with Crippen molar-refractivity contribution in [2.24, 2.45) is 0 Å². The summed E-state index contributed by atoms with van der Waals surface area (Å²) in [6.45, 7) is 2.74. The van der Waals surface area contributed by atoms with Gasteiger partial charge < -0.3 is 38.9 Å². The van der Waals surface area contributed by atoms with Gasteiger partial charge in [-0.2, -0.15) is 9.97 Å². The van der Waals surface area contributed by atoms with Crippen molar-refractivity contribution in [1.82, 2.24) is 19.5 Å². The van der Waals surface area contributed by atoms with E-state index in [1.165, 1.54) is 17.8 Å². The number of hydrogen-bond acceptors (Lipinski definition) is 11. The molecule has 1 saturated heterocycles. The molecule has 0 bridgehead atoms. The third kappa shape index (κ3) is 5.02. The lowest BCUT2D eigenvalue weighted by Gasteiger charge is -2.20. The Morgan fingerprint density at radius 1 is 1.28 bits per heavy atom. The number of aromatic nitrogens is 4. The first-order valence-electron chi connectivity index (χ1n) is 9.46. The Morgan fingerprint density at radius 3 is 2.62 bits per heavy atom. The first-order chi connectivity index (χ1) is 15.1. The largest absolute Gasteiger partial charge is 0.476 e. The minimum atomic E-state index is -5.02. The fourth-order valence-corrected chi connectivity index (χ4v) is 3.87. The van der Waals surface area contributed by atoms with Crippen molar-refractivity contribution in [3.05, 3.63) is 11.6 Å². The van der Waals surface area contributed by atoms with E-state index in [0.29, 0.717) is 0 Å². The standard InChI is InChI=1S/C16H22ClN4O10P/c1-3-28-12-8-11(19-16(17)20-12)21(6-18-8)13-10(23)9(22)7(31-13)5-30-15(32(25,26)27)14(24)29-4-2/h6-7,9-10,13,15,22-23H,3-5H2,1-2H3,(H2,25,26,27)/t7-,9+,10-,13-,15-/m1/s1. The Bertz CT molecular complexity index is 1020. The zero-order valence-corrected chi connectivity index (χ0v) is 18.6. The number of hydrogen-bond donors (Lipinski definition) is 4. The van der Waals surface area contributed by atoms with E-state index in [4.69, 9.17) is 25.8 Å². The number of rotatable bonds is 9. The topological polar surface area (TPSA) is 196 Å². The predicted molar refractivity (Wildman–Crippen MR) is 106 cm³/mol. The second-order valence-corrected chi connectivity index (χ2v) is 8.61. The molecule has 32 heavy (non-hydrogen) atoms. The Hall–Kier alpha value is -1.90. The molecule has 3 heterocycles. The van der Waals surface area contributed by atoms with E-state index in [1.54, 1.807) is 6.92 Å². The van der Waals surface area contributed by atoms with Crippen LogP contribution in [0.2, 0.25) is 5.28 Å². The summed E-state index contributed by atoms with van der Waals surface area (Å²) in [6, 6.07) is 0. The van der Waals surface area contributed by atoms with E-state index in [9.17, 15) is 29.4 Å². The molecule has 0 unspecified atom stereocenters. The number of imidazole rings is 1. The van der Waals surface area contributed by atoms with Gasteiger partial charge in [-0.1, -0.05) is 0 Å². The van der Waals surface area contributed by atoms with Crippen molar-refractivity contribution in [3.8, 4) is 5.88 Å². The molecular weight excluding hydrogens is 475 g/mol. The molecule has 178 valence electrons. The van der Waals surface area contributed by atoms with Crippen LogP contribution in [0.5, 0.6) is 5.88 Å². The average Bonchev–Trinajstić information content (AvgIpc) is 3.23. The van der Waals surface area contributed by atoms with Gasteiger partial charge in [0.2, 0.25) is 11.2 Å². The summed E-state index contributed by atoms with van der Waals surface area (Å²) in [5.74, 6) is -3.35. The van der Waals surface area contributed by atoms with Gasteiger partial charge >= 0.3 is 13.6 Å². The van der Waals surface area contributed by atoms with E-state index in [2.05, 4.69) is 19.7 Å². The molecule has 4 N–H and O–H groups in total. The smallest absolute Gasteiger partial charge is 0.365 e. The van der Waals surface area contributed by atoms with E-state index in [0.717, 1.165) is 0 Å². The number of fused-ring (bicyclic) bond motifs is 1. The maximum absolute atomic E-state index is 11.8. The van der Waals surface area contributed by atoms with Crippen LogP contribution < -0.4 is 4.74 Å². The molecule has 14 nitrogen and oxygen atoms in total. The monoisotopic (exact) mass is 496 g/mol. The van der Waals surface area contributed by atoms with Crippen molar-refractivity contribution in [2.75, 3.05) is 19.8 Å². The molecule has 1 aliphatic rings. The van der Waals surface area contributed by atoms with Crippen molar-refractivity contribution < 1.29 is 48.3 Å². The number of esters is 1. The highest BCUT2D eigenvalue weighted by molar-refractivity contribution is 7.53. The summed E-state index contributed by atoms with van der Waals surface area (Å²) in [4.78, 5) is 42.7. The van der Waals surface area contributed by atoms with Crippen LogP contribution in [0.1, 0.15) is 20.1 Å². The zero-order valence-electron chi connectivity index (χ0n) is 16.9. The van der Waals surface area contributed by atoms with E-state index >= 15 is 0 Å². The van der Waals surface area contributed by atoms with Crippen LogP contribution in [0.3, 0.4) is 0 Å². The van der Waals surface area contributed by atoms with Gasteiger partial charge in [0.1, 0.15) is 18.3 Å². The lowest BCUT2D eigenvalue weighted by atomic mass is 10.1. The molecule has 3 rings (SSSR count). The van der Waals surface area contributed by atoms with Crippen molar-refractivity contribution >= 4 is 36.3 Å². The number of nitrogens with zero attached hydrogens (tertiary/aromatic N) is 4. The molecule has 16 heteroatoms. The number of carbonyl (C=O) groups excluding carboxylic acids is 1. The van der Waals surface area contributed by atoms with Crippen LogP contribution in [0.4, 0.5) is 0 Å². The maximum Gasteiger partial charge on any atom is 0.365 e. The summed E-state index contributed by atoms with van der Waals surface area (Å²) in [5.41, 5.74) is 0.399. The predicted octanol–water partition coefficient (Wildman–Crippen LogP) is -0.419. The number of carbonyl (C=O) groups is 1. The first kappa shape index (κ1) is 24.7. The van der Waals surface area contributed by atoms with Gasteiger partial charge in [0.15, 0.2) is 17.4 Å². The number of aliphatic hydroxyl groups is 2. The van der Waals surface area contributed by atoms with Crippen LogP contribution in [0.15, 0.2) is 6.33 Å². The van der Waals surface area contributed by atoms with Crippen LogP contribution in [-0.4, -0.2) is 89.5 Å². The van der Waals surface area contributed by atoms with Gasteiger partial charge in [-0.25, -0.2) is 9.78 Å². The van der Waals surface area contributed by atoms with Crippen molar-refractivity contribution in [3.63, 3.8) is 0 Å². The summed E-state index contributed by atoms with van der Waals surface area (Å²) in [6.07, 6.45) is -4.21. The number of aliphatic hydroxyl groups excluding tert-OH is 2. The van der Waals surface area contributed by atoms with Gasteiger partial charge in [0.25, 0.3) is 5.85 Å². The van der Waals surface area contributed by atoms with Gasteiger partial charge in [-0.15, -0.1) is 0 Å². The van der Waals surface area contributed by atoms with Crippen LogP contribution in [0, 0.1) is 0 Å². The van der Waals surface area contributed by atoms with E-state index in [-0.39, 0.29) is 35.5 Å². The summed E-state index contributed by atoms with van der Waals surface area (Å²) in [5, 5.41) is 20.7. The fraction of sp³-hybridized carbons (Fsp3) is 0.625. The fourth-order valence-electron chi connectivity index (χ4n) is 3.09. The quantitative estimate of drug-likeness (QED) is 0.198. The molecule has 1 aliphatic heterocycles. The molecule has 2 aromatic heterocycles. The minimum absolute atomic E-state index is 0.119. The molecule has 0 saturated carbocycles. The van der Waals surface area contributed by atoms with Crippen molar-refractivity contribution in [2.45, 2.75) is 44.2 Å². The normalized spacial score (nSPS) is 24.6. The molecule has 5 atom stereocenters. The van der Waals surface area contributed by atoms with Crippen LogP contribution in [0.25, 0.3) is 11.2 Å². The van der Waals surface area contributed by atoms with Crippen LogP contribution in [-0.2, 0) is 23.6 Å². The second kappa shape index (κ2) is 9.93. The van der Waals surface area contributed by atoms with Gasteiger partial charge in [0, 0.05) is 0 Å². The molecule has 2 aromatic rings. The summed E-state index contributed by atoms with van der Waals surface area (Å²) >= 11 is 5.94. The average molecular weight is 497 g/mol. The van der Waals surface area contributed by atoms with Crippen molar-refractivity contribution in [1.29, 1.82) is 0 Å². The summed E-state index contributed by atoms with van der Waals surface area (Å²) < 4.78 is 33.5. The lowest BCUT2D eigenvalue weighted by molar-refractivity contribution is -0.155. The highest BCUT2D eigenvalue weighted by atomic mass is 35.5. The SMILES string of the molecule is CCOC(=O)[C@H](OC[C@H]1O[C@@H](n2cnc3c(OCC)nc(Cl)nc32)[C@H](O)[C@H]1O)P(=O)(O)O. The Labute approximate surface area is 186 Å². The highest BCUT2D eigenvalue weighted by Crippen LogP contribution is 2.43. The first-order valence-corrected chi connectivity index (χ1v) is 11.5. The maximum atomic E-state index is 11.8. The molecule has 0 aromatic carbocycles. The third-order valence-corrected chi connectivity index (χ3v) is 5.61. The minimum Gasteiger partial charge on any atom is -0.476 e. The zero-order chi connectivity index (χ0) is 23.6. The molecule has 0 amide bonds.